The molecule has 194 valence electrons. The molecule has 2 aromatic rings. The number of ether oxygens (including phenoxy) is 1. The Hall–Kier alpha value is -3.28. The number of morpholine rings is 1. The summed E-state index contributed by atoms with van der Waals surface area (Å²) in [5, 5.41) is 22.9. The maximum atomic E-state index is 11.9. The number of aliphatic hydroxyl groups excluding tert-OH is 2. The number of benzene rings is 2. The molecule has 7 nitrogen and oxygen atoms in total. The predicted molar refractivity (Wildman–Crippen MR) is 145 cm³/mol. The van der Waals surface area contributed by atoms with Crippen molar-refractivity contribution in [3.05, 3.63) is 82.2 Å². The Balaban J connectivity index is 1.42. The summed E-state index contributed by atoms with van der Waals surface area (Å²) < 4.78 is 5.42. The molecule has 7 heteroatoms. The molecular weight excluding hydrogens is 466 g/mol. The molecule has 0 bridgehead atoms. The minimum atomic E-state index is -0.305. The second-order valence-electron chi connectivity index (χ2n) is 9.58. The summed E-state index contributed by atoms with van der Waals surface area (Å²) in [5.41, 5.74) is 4.60. The first-order chi connectivity index (χ1) is 18.0. The fourth-order valence-corrected chi connectivity index (χ4v) is 4.35. The van der Waals surface area contributed by atoms with Crippen LogP contribution in [-0.2, 0) is 16.1 Å². The Labute approximate surface area is 218 Å². The summed E-state index contributed by atoms with van der Waals surface area (Å²) in [7, 11) is 0. The van der Waals surface area contributed by atoms with Gasteiger partial charge in [-0.2, -0.15) is 0 Å². The number of allylic oxidation sites excluding steroid dienone is 2. The van der Waals surface area contributed by atoms with Crippen LogP contribution in [0, 0.1) is 11.8 Å². The second kappa shape index (κ2) is 13.3. The van der Waals surface area contributed by atoms with Crippen molar-refractivity contribution in [3.63, 3.8) is 0 Å². The number of hydrogen-bond acceptors (Lipinski definition) is 7. The molecule has 0 radical (unpaired) electrons. The van der Waals surface area contributed by atoms with Crippen molar-refractivity contribution in [2.75, 3.05) is 39.5 Å². The molecule has 0 saturated carbocycles. The van der Waals surface area contributed by atoms with Gasteiger partial charge in [0.25, 0.3) is 0 Å². The molecular formula is C30H35N3O4. The summed E-state index contributed by atoms with van der Waals surface area (Å²) in [6.07, 6.45) is 2.09. The number of nitrogens with one attached hydrogen (secondary N) is 1. The van der Waals surface area contributed by atoms with E-state index in [1.54, 1.807) is 6.21 Å². The molecule has 1 unspecified atom stereocenters. The zero-order valence-corrected chi connectivity index (χ0v) is 21.3. The molecule has 0 spiro atoms. The number of carbonyl (C=O) groups excluding carboxylic acids is 1. The summed E-state index contributed by atoms with van der Waals surface area (Å²) in [6, 6.07) is 16.4. The van der Waals surface area contributed by atoms with Crippen LogP contribution in [0.2, 0.25) is 0 Å². The summed E-state index contributed by atoms with van der Waals surface area (Å²) >= 11 is 0. The third kappa shape index (κ3) is 7.85. The van der Waals surface area contributed by atoms with E-state index in [1.807, 2.05) is 31.2 Å². The number of aliphatic imine (C=N–C) groups is 1. The normalized spacial score (nSPS) is 17.8. The molecule has 0 amide bonds. The number of carbonyl (C=O) groups is 1. The van der Waals surface area contributed by atoms with Crippen LogP contribution in [0.1, 0.15) is 47.9 Å². The van der Waals surface area contributed by atoms with Gasteiger partial charge >= 0.3 is 0 Å². The van der Waals surface area contributed by atoms with E-state index in [2.05, 4.69) is 51.3 Å². The standard InChI is InChI=1S/C30H35N3O4/c1-22(21-34)32-19-27(18-28-30(36)29(35)12-13-31-28)26-10-8-24(9-11-26)3-2-23-4-6-25(7-5-23)20-33-14-16-37-17-15-33/h4-11,13,22,27,32,34,36H,12,14-21H2,1H3/t22-,27?/m0/s1. The fourth-order valence-electron chi connectivity index (χ4n) is 4.35. The second-order valence-corrected chi connectivity index (χ2v) is 9.58. The van der Waals surface area contributed by atoms with Crippen molar-refractivity contribution in [3.8, 4) is 11.8 Å². The molecule has 4 rings (SSSR count). The lowest BCUT2D eigenvalue weighted by molar-refractivity contribution is -0.117. The maximum absolute atomic E-state index is 11.9. The van der Waals surface area contributed by atoms with Crippen LogP contribution in [0.5, 0.6) is 0 Å². The minimum Gasteiger partial charge on any atom is -0.503 e. The topological polar surface area (TPSA) is 94.4 Å². The van der Waals surface area contributed by atoms with Crippen LogP contribution in [0.4, 0.5) is 0 Å². The molecule has 2 aromatic carbocycles. The highest BCUT2D eigenvalue weighted by molar-refractivity contribution is 6.03. The van der Waals surface area contributed by atoms with Gasteiger partial charge in [-0.25, -0.2) is 0 Å². The molecule has 2 atom stereocenters. The van der Waals surface area contributed by atoms with Crippen molar-refractivity contribution in [2.24, 2.45) is 4.99 Å². The first-order valence-corrected chi connectivity index (χ1v) is 12.8. The Morgan fingerprint density at radius 2 is 1.70 bits per heavy atom. The molecule has 1 fully saturated rings. The minimum absolute atomic E-state index is 0.0278. The van der Waals surface area contributed by atoms with Crippen molar-refractivity contribution < 1.29 is 19.7 Å². The quantitative estimate of drug-likeness (QED) is 0.457. The number of rotatable bonds is 9. The third-order valence-corrected chi connectivity index (χ3v) is 6.68. The summed E-state index contributed by atoms with van der Waals surface area (Å²) in [6.45, 7) is 6.98. The van der Waals surface area contributed by atoms with Gasteiger partial charge in [-0.3, -0.25) is 14.7 Å². The van der Waals surface area contributed by atoms with Crippen LogP contribution in [0.25, 0.3) is 0 Å². The average molecular weight is 502 g/mol. The van der Waals surface area contributed by atoms with Crippen molar-refractivity contribution in [2.45, 2.75) is 38.3 Å². The van der Waals surface area contributed by atoms with E-state index in [-0.39, 0.29) is 36.5 Å². The van der Waals surface area contributed by atoms with E-state index in [9.17, 15) is 15.0 Å². The first-order valence-electron chi connectivity index (χ1n) is 12.8. The Kier molecular flexibility index (Phi) is 9.64. The highest BCUT2D eigenvalue weighted by Crippen LogP contribution is 2.27. The van der Waals surface area contributed by atoms with Gasteiger partial charge in [0, 0.05) is 68.3 Å². The van der Waals surface area contributed by atoms with E-state index in [4.69, 9.17) is 4.74 Å². The van der Waals surface area contributed by atoms with Gasteiger partial charge in [0.05, 0.1) is 25.5 Å². The lowest BCUT2D eigenvalue weighted by atomic mass is 9.92. The van der Waals surface area contributed by atoms with Crippen molar-refractivity contribution in [1.29, 1.82) is 0 Å². The number of Topliss-reactive ketones (excluding diaryl/α,β-unsaturated/α-hetero) is 1. The van der Waals surface area contributed by atoms with E-state index in [1.165, 1.54) is 5.56 Å². The number of nitrogens with zero attached hydrogens (tertiary/aromatic N) is 2. The van der Waals surface area contributed by atoms with Gasteiger partial charge in [0.2, 0.25) is 5.78 Å². The lowest BCUT2D eigenvalue weighted by Gasteiger charge is -2.26. The van der Waals surface area contributed by atoms with Gasteiger partial charge in [-0.15, -0.1) is 0 Å². The van der Waals surface area contributed by atoms with Crippen molar-refractivity contribution in [1.82, 2.24) is 10.2 Å². The van der Waals surface area contributed by atoms with Gasteiger partial charge in [-0.1, -0.05) is 36.1 Å². The molecule has 0 aliphatic carbocycles. The smallest absolute Gasteiger partial charge is 0.204 e. The fraction of sp³-hybridized carbons (Fsp3) is 0.400. The average Bonchev–Trinajstić information content (AvgIpc) is 2.93. The van der Waals surface area contributed by atoms with Gasteiger partial charge in [0.1, 0.15) is 0 Å². The predicted octanol–water partition coefficient (Wildman–Crippen LogP) is 3.18. The van der Waals surface area contributed by atoms with Crippen LogP contribution in [0.3, 0.4) is 0 Å². The molecule has 2 heterocycles. The Morgan fingerprint density at radius 3 is 2.35 bits per heavy atom. The summed E-state index contributed by atoms with van der Waals surface area (Å²) in [4.78, 5) is 18.6. The van der Waals surface area contributed by atoms with Gasteiger partial charge < -0.3 is 20.3 Å². The Morgan fingerprint density at radius 1 is 1.05 bits per heavy atom. The van der Waals surface area contributed by atoms with Gasteiger partial charge in [0.15, 0.2) is 5.76 Å². The SMILES string of the molecule is C[C@@H](CO)NCC(CC1=C(O)C(=O)CC=N1)c1ccc(C#Cc2ccc(CN3CCOCC3)cc2)cc1. The largest absolute Gasteiger partial charge is 0.503 e. The molecule has 0 aromatic heterocycles. The molecule has 37 heavy (non-hydrogen) atoms. The number of hydrogen-bond donors (Lipinski definition) is 3. The highest BCUT2D eigenvalue weighted by atomic mass is 16.5. The number of ketones is 1. The highest BCUT2D eigenvalue weighted by Gasteiger charge is 2.22. The zero-order chi connectivity index (χ0) is 26.0. The van der Waals surface area contributed by atoms with E-state index >= 15 is 0 Å². The monoisotopic (exact) mass is 501 g/mol. The zero-order valence-electron chi connectivity index (χ0n) is 21.3. The van der Waals surface area contributed by atoms with Crippen LogP contribution < -0.4 is 5.32 Å². The molecule has 1 saturated heterocycles. The first kappa shape index (κ1) is 26.8. The van der Waals surface area contributed by atoms with Crippen molar-refractivity contribution >= 4 is 12.0 Å². The molecule has 3 N–H and O–H groups in total. The van der Waals surface area contributed by atoms with Crippen LogP contribution >= 0.6 is 0 Å². The summed E-state index contributed by atoms with van der Waals surface area (Å²) in [5.74, 6) is 5.90. The Bertz CT molecular complexity index is 1170. The molecule has 2 aliphatic rings. The van der Waals surface area contributed by atoms with E-state index < -0.39 is 0 Å². The van der Waals surface area contributed by atoms with Crippen LogP contribution in [0.15, 0.2) is 65.0 Å². The lowest BCUT2D eigenvalue weighted by Crippen LogP contribution is -2.35. The third-order valence-electron chi connectivity index (χ3n) is 6.68. The maximum Gasteiger partial charge on any atom is 0.204 e. The molecule has 2 aliphatic heterocycles. The van der Waals surface area contributed by atoms with E-state index in [0.717, 1.165) is 49.5 Å². The van der Waals surface area contributed by atoms with Crippen LogP contribution in [-0.4, -0.2) is 72.6 Å². The van der Waals surface area contributed by atoms with E-state index in [0.29, 0.717) is 18.7 Å². The number of aliphatic hydroxyl groups is 2. The van der Waals surface area contributed by atoms with Gasteiger partial charge in [-0.05, 0) is 42.3 Å².